The Kier molecular flexibility index (Phi) is 11.3. The predicted octanol–water partition coefficient (Wildman–Crippen LogP) is 10.5. The van der Waals surface area contributed by atoms with Gasteiger partial charge in [-0.3, -0.25) is 4.98 Å². The largest absolute Gasteiger partial charge is 0.497 e. The maximum absolute atomic E-state index is 5.74. The van der Waals surface area contributed by atoms with E-state index in [9.17, 15) is 0 Å². The minimum atomic E-state index is 0. The fourth-order valence-corrected chi connectivity index (χ4v) is 3.94. The van der Waals surface area contributed by atoms with E-state index in [2.05, 4.69) is 78.6 Å². The molecule has 5 aromatic carbocycles. The Morgan fingerprint density at radius 3 is 1.72 bits per heavy atom. The molecule has 0 aliphatic heterocycles. The summed E-state index contributed by atoms with van der Waals surface area (Å²) in [6.07, 6.45) is 1.66. The number of methoxy groups -OCH3 is 1. The summed E-state index contributed by atoms with van der Waals surface area (Å²) in [5, 5.41) is 3.13. The molecule has 0 saturated carbocycles. The standard InChI is InChI=1S/C13H12.C11H8ClN.C11H10O.CH4/c1-11-7-9-13(10-8-11)12-5-3-2-4-6-12;12-10-6-7-11(13-8-10)9-4-2-1-3-5-9;1-12-11-7-6-9-4-2-3-5-10(9)8-11;/h2-10H,1H3;1-8H;2-8H,1H3;1H4. The van der Waals surface area contributed by atoms with Crippen LogP contribution in [0.1, 0.15) is 13.0 Å². The van der Waals surface area contributed by atoms with E-state index >= 15 is 0 Å². The van der Waals surface area contributed by atoms with E-state index < -0.39 is 0 Å². The Morgan fingerprint density at radius 1 is 0.564 bits per heavy atom. The van der Waals surface area contributed by atoms with Crippen molar-refractivity contribution in [2.24, 2.45) is 0 Å². The van der Waals surface area contributed by atoms with Gasteiger partial charge in [-0.05, 0) is 53.1 Å². The number of fused-ring (bicyclic) bond motifs is 1. The van der Waals surface area contributed by atoms with Crippen molar-refractivity contribution >= 4 is 22.4 Å². The molecule has 3 heteroatoms. The molecule has 39 heavy (non-hydrogen) atoms. The molecule has 0 aliphatic rings. The Labute approximate surface area is 237 Å². The first-order valence-electron chi connectivity index (χ1n) is 12.4. The molecule has 0 spiro atoms. The number of rotatable bonds is 3. The number of nitrogens with zero attached hydrogens (tertiary/aromatic N) is 1. The molecule has 0 bridgehead atoms. The van der Waals surface area contributed by atoms with E-state index in [1.54, 1.807) is 13.3 Å². The maximum Gasteiger partial charge on any atom is 0.119 e. The molecule has 6 aromatic rings. The van der Waals surface area contributed by atoms with Gasteiger partial charge in [0.05, 0.1) is 17.8 Å². The second-order valence-electron chi connectivity index (χ2n) is 8.67. The smallest absolute Gasteiger partial charge is 0.119 e. The zero-order valence-corrected chi connectivity index (χ0v) is 22.3. The highest BCUT2D eigenvalue weighted by molar-refractivity contribution is 6.30. The summed E-state index contributed by atoms with van der Waals surface area (Å²) in [6, 6.07) is 47.1. The molecule has 6 rings (SSSR count). The summed E-state index contributed by atoms with van der Waals surface area (Å²) in [7, 11) is 1.68. The monoisotopic (exact) mass is 531 g/mol. The molecule has 1 heterocycles. The second kappa shape index (κ2) is 15.1. The van der Waals surface area contributed by atoms with Gasteiger partial charge in [-0.1, -0.05) is 140 Å². The predicted molar refractivity (Wildman–Crippen MR) is 169 cm³/mol. The van der Waals surface area contributed by atoms with Gasteiger partial charge >= 0.3 is 0 Å². The van der Waals surface area contributed by atoms with Crippen LogP contribution < -0.4 is 4.74 Å². The summed E-state index contributed by atoms with van der Waals surface area (Å²) in [5.41, 5.74) is 5.93. The van der Waals surface area contributed by atoms with Gasteiger partial charge in [-0.25, -0.2) is 0 Å². The Bertz CT molecular complexity index is 1450. The summed E-state index contributed by atoms with van der Waals surface area (Å²) < 4.78 is 5.12. The van der Waals surface area contributed by atoms with E-state index in [4.69, 9.17) is 16.3 Å². The number of benzene rings is 5. The van der Waals surface area contributed by atoms with Crippen LogP contribution in [0.5, 0.6) is 5.75 Å². The molecule has 1 aromatic heterocycles. The minimum absolute atomic E-state index is 0. The van der Waals surface area contributed by atoms with Crippen molar-refractivity contribution in [3.63, 3.8) is 0 Å². The number of pyridine rings is 1. The first kappa shape index (κ1) is 29.2. The molecule has 196 valence electrons. The molecule has 0 unspecified atom stereocenters. The number of halogens is 1. The summed E-state index contributed by atoms with van der Waals surface area (Å²) in [6.45, 7) is 2.11. The third-order valence-corrected chi connectivity index (χ3v) is 6.14. The summed E-state index contributed by atoms with van der Waals surface area (Å²) >= 11 is 5.74. The van der Waals surface area contributed by atoms with Crippen molar-refractivity contribution in [2.45, 2.75) is 14.4 Å². The van der Waals surface area contributed by atoms with Crippen LogP contribution in [0, 0.1) is 6.92 Å². The lowest BCUT2D eigenvalue weighted by molar-refractivity contribution is 0.415. The van der Waals surface area contributed by atoms with Crippen LogP contribution in [0.3, 0.4) is 0 Å². The van der Waals surface area contributed by atoms with E-state index in [-0.39, 0.29) is 7.43 Å². The zero-order chi connectivity index (χ0) is 26.6. The lowest BCUT2D eigenvalue weighted by Gasteiger charge is -2.00. The third kappa shape index (κ3) is 8.84. The van der Waals surface area contributed by atoms with Crippen LogP contribution in [0.15, 0.2) is 146 Å². The van der Waals surface area contributed by atoms with E-state index in [1.807, 2.05) is 72.8 Å². The topological polar surface area (TPSA) is 22.1 Å². The highest BCUT2D eigenvalue weighted by atomic mass is 35.5. The van der Waals surface area contributed by atoms with E-state index in [0.29, 0.717) is 5.02 Å². The number of aromatic nitrogens is 1. The number of hydrogen-bond donors (Lipinski definition) is 0. The summed E-state index contributed by atoms with van der Waals surface area (Å²) in [5.74, 6) is 0.911. The molecule has 2 nitrogen and oxygen atoms in total. The highest BCUT2D eigenvalue weighted by Crippen LogP contribution is 2.20. The molecule has 0 fully saturated rings. The number of aryl methyl sites for hydroxylation is 1. The molecule has 0 aliphatic carbocycles. The summed E-state index contributed by atoms with van der Waals surface area (Å²) in [4.78, 5) is 4.22. The van der Waals surface area contributed by atoms with Gasteiger partial charge in [0, 0.05) is 11.8 Å². The normalized spacial score (nSPS) is 9.72. The van der Waals surface area contributed by atoms with Gasteiger partial charge in [-0.2, -0.15) is 0 Å². The van der Waals surface area contributed by atoms with Gasteiger partial charge in [0.15, 0.2) is 0 Å². The minimum Gasteiger partial charge on any atom is -0.497 e. The third-order valence-electron chi connectivity index (χ3n) is 5.91. The molecular weight excluding hydrogens is 498 g/mol. The quantitative estimate of drug-likeness (QED) is 0.226. The van der Waals surface area contributed by atoms with Gasteiger partial charge in [0.1, 0.15) is 5.75 Å². The molecule has 0 N–H and O–H groups in total. The average Bonchev–Trinajstić information content (AvgIpc) is 2.99. The lowest BCUT2D eigenvalue weighted by atomic mass is 10.0. The van der Waals surface area contributed by atoms with Crippen molar-refractivity contribution in [2.75, 3.05) is 7.11 Å². The highest BCUT2D eigenvalue weighted by Gasteiger charge is 1.97. The first-order valence-corrected chi connectivity index (χ1v) is 12.8. The van der Waals surface area contributed by atoms with E-state index in [1.165, 1.54) is 27.5 Å². The van der Waals surface area contributed by atoms with Crippen LogP contribution in [0.4, 0.5) is 0 Å². The Balaban J connectivity index is 0.000000160. The zero-order valence-electron chi connectivity index (χ0n) is 21.6. The Hall–Kier alpha value is -4.40. The van der Waals surface area contributed by atoms with Crippen molar-refractivity contribution in [3.8, 4) is 28.1 Å². The molecule has 0 atom stereocenters. The van der Waals surface area contributed by atoms with Gasteiger partial charge in [0.25, 0.3) is 0 Å². The van der Waals surface area contributed by atoms with Crippen molar-refractivity contribution in [1.82, 2.24) is 4.98 Å². The maximum atomic E-state index is 5.74. The molecular formula is C36H34ClNO. The average molecular weight is 532 g/mol. The van der Waals surface area contributed by atoms with Crippen molar-refractivity contribution < 1.29 is 4.74 Å². The van der Waals surface area contributed by atoms with Gasteiger partial charge in [-0.15, -0.1) is 0 Å². The second-order valence-corrected chi connectivity index (χ2v) is 9.11. The van der Waals surface area contributed by atoms with E-state index in [0.717, 1.165) is 17.0 Å². The molecule has 0 radical (unpaired) electrons. The molecule has 0 amide bonds. The fourth-order valence-electron chi connectivity index (χ4n) is 3.83. The van der Waals surface area contributed by atoms with Gasteiger partial charge < -0.3 is 4.74 Å². The van der Waals surface area contributed by atoms with Crippen LogP contribution in [-0.4, -0.2) is 12.1 Å². The Morgan fingerprint density at radius 2 is 1.13 bits per heavy atom. The first-order chi connectivity index (χ1) is 18.6. The number of hydrogen-bond acceptors (Lipinski definition) is 2. The van der Waals surface area contributed by atoms with Crippen LogP contribution in [0.2, 0.25) is 5.02 Å². The van der Waals surface area contributed by atoms with Crippen LogP contribution in [0.25, 0.3) is 33.2 Å². The van der Waals surface area contributed by atoms with Gasteiger partial charge in [0.2, 0.25) is 0 Å². The van der Waals surface area contributed by atoms with Crippen molar-refractivity contribution in [1.29, 1.82) is 0 Å². The van der Waals surface area contributed by atoms with Crippen molar-refractivity contribution in [3.05, 3.63) is 156 Å². The van der Waals surface area contributed by atoms with Crippen LogP contribution in [-0.2, 0) is 0 Å². The fraction of sp³-hybridized carbons (Fsp3) is 0.0833. The SMILES string of the molecule is C.COc1ccc2ccccc2c1.Cc1ccc(-c2ccccc2)cc1.Clc1ccc(-c2ccccc2)nc1. The van der Waals surface area contributed by atoms with Crippen LogP contribution >= 0.6 is 11.6 Å². The molecule has 0 saturated heterocycles. The lowest BCUT2D eigenvalue weighted by Crippen LogP contribution is -1.81. The number of ether oxygens (including phenoxy) is 1.